The van der Waals surface area contributed by atoms with Crippen LogP contribution in [0.5, 0.6) is 0 Å². The number of hydrogen-bond donors (Lipinski definition) is 2. The number of carbonyl (C=O) groups excluding carboxylic acids is 1. The van der Waals surface area contributed by atoms with E-state index < -0.39 is 0 Å². The normalized spacial score (nSPS) is 11.9. The van der Waals surface area contributed by atoms with Gasteiger partial charge in [0.15, 0.2) is 0 Å². The largest absolute Gasteiger partial charge is 0.469 e. The second-order valence-corrected chi connectivity index (χ2v) is 4.93. The van der Waals surface area contributed by atoms with Crippen LogP contribution in [0.4, 0.5) is 5.82 Å². The zero-order valence-corrected chi connectivity index (χ0v) is 12.4. The van der Waals surface area contributed by atoms with Crippen molar-refractivity contribution in [3.8, 4) is 0 Å². The average molecular weight is 287 g/mol. The number of nitrogens with zero attached hydrogens (tertiary/aromatic N) is 1. The van der Waals surface area contributed by atoms with Gasteiger partial charge in [-0.25, -0.2) is 4.98 Å². The quantitative estimate of drug-likeness (QED) is 0.821. The lowest BCUT2D eigenvalue weighted by atomic mass is 10.1. The topological polar surface area (TPSA) is 67.2 Å². The molecule has 1 atom stereocenters. The monoisotopic (exact) mass is 287 g/mol. The van der Waals surface area contributed by atoms with Gasteiger partial charge in [-0.3, -0.25) is 4.79 Å². The summed E-state index contributed by atoms with van der Waals surface area (Å²) in [4.78, 5) is 16.4. The van der Waals surface area contributed by atoms with E-state index in [1.807, 2.05) is 38.1 Å². The number of anilines is 1. The lowest BCUT2D eigenvalue weighted by Crippen LogP contribution is -2.33. The Morgan fingerprint density at radius 1 is 1.33 bits per heavy atom. The van der Waals surface area contributed by atoms with Gasteiger partial charge < -0.3 is 15.1 Å². The zero-order chi connectivity index (χ0) is 15.1. The number of pyridine rings is 1. The highest BCUT2D eigenvalue weighted by Gasteiger charge is 2.12. The Hall–Kier alpha value is -2.30. The third-order valence-corrected chi connectivity index (χ3v) is 3.12. The molecule has 0 aliphatic carbocycles. The van der Waals surface area contributed by atoms with E-state index in [1.54, 1.807) is 12.3 Å². The van der Waals surface area contributed by atoms with E-state index in [0.717, 1.165) is 25.1 Å². The number of hydrogen-bond acceptors (Lipinski definition) is 4. The van der Waals surface area contributed by atoms with Crippen molar-refractivity contribution in [3.63, 3.8) is 0 Å². The molecule has 112 valence electrons. The maximum Gasteiger partial charge on any atom is 0.270 e. The first-order chi connectivity index (χ1) is 10.2. The van der Waals surface area contributed by atoms with Gasteiger partial charge in [-0.1, -0.05) is 6.07 Å². The highest BCUT2D eigenvalue weighted by molar-refractivity contribution is 5.92. The predicted molar refractivity (Wildman–Crippen MR) is 82.4 cm³/mol. The summed E-state index contributed by atoms with van der Waals surface area (Å²) < 4.78 is 5.28. The SMILES string of the molecule is CCNc1cccc(C(=O)NC(C)CCc2ccco2)n1. The van der Waals surface area contributed by atoms with Crippen molar-refractivity contribution < 1.29 is 9.21 Å². The first-order valence-corrected chi connectivity index (χ1v) is 7.23. The average Bonchev–Trinajstić information content (AvgIpc) is 2.99. The fourth-order valence-electron chi connectivity index (χ4n) is 2.02. The Bertz CT molecular complexity index is 567. The van der Waals surface area contributed by atoms with Crippen LogP contribution in [0.25, 0.3) is 0 Å². The fourth-order valence-corrected chi connectivity index (χ4v) is 2.02. The summed E-state index contributed by atoms with van der Waals surface area (Å²) >= 11 is 0. The number of aryl methyl sites for hydroxylation is 1. The van der Waals surface area contributed by atoms with Crippen LogP contribution >= 0.6 is 0 Å². The molecule has 0 saturated heterocycles. The van der Waals surface area contributed by atoms with Gasteiger partial charge >= 0.3 is 0 Å². The summed E-state index contributed by atoms with van der Waals surface area (Å²) in [6, 6.07) is 9.26. The Morgan fingerprint density at radius 3 is 2.90 bits per heavy atom. The molecule has 1 amide bonds. The molecule has 1 unspecified atom stereocenters. The Balaban J connectivity index is 1.86. The van der Waals surface area contributed by atoms with E-state index in [1.165, 1.54) is 0 Å². The number of aromatic nitrogens is 1. The molecule has 2 aromatic heterocycles. The van der Waals surface area contributed by atoms with Gasteiger partial charge in [0.25, 0.3) is 5.91 Å². The second kappa shape index (κ2) is 7.47. The lowest BCUT2D eigenvalue weighted by molar-refractivity contribution is 0.0933. The van der Waals surface area contributed by atoms with E-state index in [0.29, 0.717) is 11.5 Å². The van der Waals surface area contributed by atoms with Crippen molar-refractivity contribution in [1.29, 1.82) is 0 Å². The first kappa shape index (κ1) is 15.1. The molecular weight excluding hydrogens is 266 g/mol. The van der Waals surface area contributed by atoms with Gasteiger partial charge in [0.1, 0.15) is 17.3 Å². The Kier molecular flexibility index (Phi) is 5.37. The molecule has 0 aliphatic heterocycles. The van der Waals surface area contributed by atoms with E-state index in [4.69, 9.17) is 4.42 Å². The molecule has 0 spiro atoms. The fraction of sp³-hybridized carbons (Fsp3) is 0.375. The van der Waals surface area contributed by atoms with Gasteiger partial charge in [0, 0.05) is 19.0 Å². The van der Waals surface area contributed by atoms with Gasteiger partial charge in [-0.05, 0) is 44.5 Å². The standard InChI is InChI=1S/C16H21N3O2/c1-3-17-15-8-4-7-14(19-15)16(20)18-12(2)9-10-13-6-5-11-21-13/h4-8,11-12H,3,9-10H2,1-2H3,(H,17,19)(H,18,20). The number of carbonyl (C=O) groups is 1. The summed E-state index contributed by atoms with van der Waals surface area (Å²) in [5.41, 5.74) is 0.429. The number of nitrogens with one attached hydrogen (secondary N) is 2. The summed E-state index contributed by atoms with van der Waals surface area (Å²) in [6.07, 6.45) is 3.29. The smallest absolute Gasteiger partial charge is 0.270 e. The van der Waals surface area contributed by atoms with Crippen molar-refractivity contribution in [3.05, 3.63) is 48.0 Å². The van der Waals surface area contributed by atoms with Gasteiger partial charge in [0.05, 0.1) is 6.26 Å². The predicted octanol–water partition coefficient (Wildman–Crippen LogP) is 2.86. The molecule has 5 nitrogen and oxygen atoms in total. The molecule has 0 fully saturated rings. The van der Waals surface area contributed by atoms with Crippen LogP contribution in [-0.4, -0.2) is 23.5 Å². The number of amides is 1. The maximum atomic E-state index is 12.1. The van der Waals surface area contributed by atoms with Crippen molar-refractivity contribution in [2.24, 2.45) is 0 Å². The minimum Gasteiger partial charge on any atom is -0.469 e. The Morgan fingerprint density at radius 2 is 2.19 bits per heavy atom. The van der Waals surface area contributed by atoms with Crippen LogP contribution in [-0.2, 0) is 6.42 Å². The van der Waals surface area contributed by atoms with Gasteiger partial charge in [-0.2, -0.15) is 0 Å². The molecule has 2 heterocycles. The van der Waals surface area contributed by atoms with E-state index in [-0.39, 0.29) is 11.9 Å². The molecule has 2 N–H and O–H groups in total. The molecular formula is C16H21N3O2. The van der Waals surface area contributed by atoms with Gasteiger partial charge in [-0.15, -0.1) is 0 Å². The van der Waals surface area contributed by atoms with Crippen molar-refractivity contribution in [1.82, 2.24) is 10.3 Å². The molecule has 0 saturated carbocycles. The summed E-state index contributed by atoms with van der Waals surface area (Å²) in [5, 5.41) is 6.05. The van der Waals surface area contributed by atoms with Crippen LogP contribution in [0.15, 0.2) is 41.0 Å². The molecule has 2 aromatic rings. The second-order valence-electron chi connectivity index (χ2n) is 4.93. The molecule has 5 heteroatoms. The lowest BCUT2D eigenvalue weighted by Gasteiger charge is -2.13. The van der Waals surface area contributed by atoms with E-state index in [2.05, 4.69) is 15.6 Å². The minimum absolute atomic E-state index is 0.0622. The van der Waals surface area contributed by atoms with E-state index >= 15 is 0 Å². The third-order valence-electron chi connectivity index (χ3n) is 3.12. The summed E-state index contributed by atoms with van der Waals surface area (Å²) in [6.45, 7) is 4.75. The number of rotatable bonds is 7. The molecule has 21 heavy (non-hydrogen) atoms. The molecule has 0 aromatic carbocycles. The number of furan rings is 1. The highest BCUT2D eigenvalue weighted by atomic mass is 16.3. The van der Waals surface area contributed by atoms with Crippen LogP contribution in [0.1, 0.15) is 36.5 Å². The van der Waals surface area contributed by atoms with Crippen LogP contribution in [0.2, 0.25) is 0 Å². The molecule has 2 rings (SSSR count). The van der Waals surface area contributed by atoms with E-state index in [9.17, 15) is 4.79 Å². The first-order valence-electron chi connectivity index (χ1n) is 7.23. The highest BCUT2D eigenvalue weighted by Crippen LogP contribution is 2.08. The van der Waals surface area contributed by atoms with Gasteiger partial charge in [0.2, 0.25) is 0 Å². The van der Waals surface area contributed by atoms with Crippen molar-refractivity contribution >= 4 is 11.7 Å². The van der Waals surface area contributed by atoms with Crippen molar-refractivity contribution in [2.75, 3.05) is 11.9 Å². The Labute approximate surface area is 124 Å². The molecule has 0 aliphatic rings. The minimum atomic E-state index is -0.151. The molecule has 0 radical (unpaired) electrons. The third kappa shape index (κ3) is 4.63. The maximum absolute atomic E-state index is 12.1. The van der Waals surface area contributed by atoms with Crippen LogP contribution < -0.4 is 10.6 Å². The molecule has 0 bridgehead atoms. The van der Waals surface area contributed by atoms with Crippen LogP contribution in [0.3, 0.4) is 0 Å². The zero-order valence-electron chi connectivity index (χ0n) is 12.4. The van der Waals surface area contributed by atoms with Crippen molar-refractivity contribution in [2.45, 2.75) is 32.7 Å². The summed E-state index contributed by atoms with van der Waals surface area (Å²) in [7, 11) is 0. The summed E-state index contributed by atoms with van der Waals surface area (Å²) in [5.74, 6) is 1.50. The van der Waals surface area contributed by atoms with Crippen LogP contribution in [0, 0.1) is 0 Å².